The number of nitrogens with one attached hydrogen (secondary N) is 2. The summed E-state index contributed by atoms with van der Waals surface area (Å²) in [5.74, 6) is -1.04. The molecule has 4 N–H and O–H groups in total. The van der Waals surface area contributed by atoms with Gasteiger partial charge in [0.2, 0.25) is 11.8 Å². The van der Waals surface area contributed by atoms with Gasteiger partial charge in [-0.2, -0.15) is 11.3 Å². The molecule has 1 atom stereocenters. The van der Waals surface area contributed by atoms with Gasteiger partial charge in [0.15, 0.2) is 0 Å². The number of aromatic amines is 1. The third-order valence-corrected chi connectivity index (χ3v) is 6.85. The van der Waals surface area contributed by atoms with E-state index in [9.17, 15) is 9.59 Å². The van der Waals surface area contributed by atoms with E-state index in [4.69, 9.17) is 5.73 Å². The van der Waals surface area contributed by atoms with Gasteiger partial charge in [-0.1, -0.05) is 54.6 Å². The molecule has 2 aromatic carbocycles. The number of nitrogens with zero attached hydrogens (tertiary/aromatic N) is 1. The maximum Gasteiger partial charge on any atom is 0.249 e. The molecule has 0 spiro atoms. The first-order chi connectivity index (χ1) is 17.5. The molecule has 3 heterocycles. The van der Waals surface area contributed by atoms with Gasteiger partial charge in [0.25, 0.3) is 0 Å². The number of primary amides is 1. The lowest BCUT2D eigenvalue weighted by Crippen LogP contribution is -2.19. The van der Waals surface area contributed by atoms with E-state index in [1.807, 2.05) is 66.9 Å². The van der Waals surface area contributed by atoms with Crippen LogP contribution in [0, 0.1) is 0 Å². The summed E-state index contributed by atoms with van der Waals surface area (Å²) in [6.45, 7) is 1.88. The Kier molecular flexibility index (Phi) is 6.47. The van der Waals surface area contributed by atoms with Crippen molar-refractivity contribution in [3.8, 4) is 11.1 Å². The summed E-state index contributed by atoms with van der Waals surface area (Å²) in [6.07, 6.45) is 5.11. The highest BCUT2D eigenvalue weighted by atomic mass is 32.1. The predicted molar refractivity (Wildman–Crippen MR) is 146 cm³/mol. The molecule has 178 valence electrons. The molecule has 0 saturated carbocycles. The van der Waals surface area contributed by atoms with Crippen molar-refractivity contribution in [1.82, 2.24) is 9.97 Å². The molecule has 0 saturated heterocycles. The van der Waals surface area contributed by atoms with Gasteiger partial charge in [0.05, 0.1) is 11.6 Å². The first-order valence-electron chi connectivity index (χ1n) is 11.5. The monoisotopic (exact) mass is 492 g/mol. The summed E-state index contributed by atoms with van der Waals surface area (Å²) < 4.78 is 0. The molecular formula is C29H24N4O2S. The average molecular weight is 493 g/mol. The number of hydrogen-bond acceptors (Lipinski definition) is 4. The summed E-state index contributed by atoms with van der Waals surface area (Å²) in [5.41, 5.74) is 11.9. The molecule has 3 aromatic heterocycles. The van der Waals surface area contributed by atoms with Gasteiger partial charge in [0.1, 0.15) is 5.65 Å². The van der Waals surface area contributed by atoms with Gasteiger partial charge in [-0.3, -0.25) is 9.59 Å². The van der Waals surface area contributed by atoms with E-state index < -0.39 is 5.91 Å². The van der Waals surface area contributed by atoms with Gasteiger partial charge in [-0.15, -0.1) is 0 Å². The van der Waals surface area contributed by atoms with Crippen molar-refractivity contribution in [2.24, 2.45) is 5.73 Å². The first kappa shape index (κ1) is 23.3. The SMILES string of the molecule is CC(C(=O)Nc1ccnc2[nH]cc(/C=C(\C(N)=O)c3ccccc3)c12)c1ccc(-c2ccsc2)cc1. The van der Waals surface area contributed by atoms with Gasteiger partial charge in [0, 0.05) is 28.9 Å². The Morgan fingerprint density at radius 1 is 1.03 bits per heavy atom. The normalized spacial score (nSPS) is 12.4. The Morgan fingerprint density at radius 3 is 2.50 bits per heavy atom. The standard InChI is InChI=1S/C29H24N4O2S/c1-18(19-7-9-20(10-8-19)22-12-14-36-17-22)29(35)33-25-11-13-31-28-26(25)23(16-32-28)15-24(27(30)34)21-5-3-2-4-6-21/h2-18H,1H3,(H2,30,34)(H2,31,32,33,35)/b24-15-. The third-order valence-electron chi connectivity index (χ3n) is 6.17. The molecule has 7 heteroatoms. The van der Waals surface area contributed by atoms with Gasteiger partial charge in [-0.05, 0) is 58.1 Å². The van der Waals surface area contributed by atoms with E-state index in [0.717, 1.165) is 11.1 Å². The average Bonchev–Trinajstić information content (AvgIpc) is 3.58. The quantitative estimate of drug-likeness (QED) is 0.241. The summed E-state index contributed by atoms with van der Waals surface area (Å²) in [5, 5.41) is 7.91. The van der Waals surface area contributed by atoms with E-state index in [1.165, 1.54) is 5.56 Å². The highest BCUT2D eigenvalue weighted by Gasteiger charge is 2.19. The number of carbonyl (C=O) groups excluding carboxylic acids is 2. The summed E-state index contributed by atoms with van der Waals surface area (Å²) in [6, 6.07) is 21.1. The van der Waals surface area contributed by atoms with Crippen LogP contribution in [0.2, 0.25) is 0 Å². The van der Waals surface area contributed by atoms with Crippen LogP contribution in [0.5, 0.6) is 0 Å². The zero-order valence-electron chi connectivity index (χ0n) is 19.6. The molecule has 5 rings (SSSR count). The number of aromatic nitrogens is 2. The van der Waals surface area contributed by atoms with Crippen LogP contribution in [0.3, 0.4) is 0 Å². The van der Waals surface area contributed by atoms with Crippen molar-refractivity contribution in [2.45, 2.75) is 12.8 Å². The van der Waals surface area contributed by atoms with Crippen LogP contribution in [-0.2, 0) is 9.59 Å². The number of thiophene rings is 1. The topological polar surface area (TPSA) is 101 Å². The van der Waals surface area contributed by atoms with Crippen LogP contribution in [0.4, 0.5) is 5.69 Å². The zero-order chi connectivity index (χ0) is 25.1. The minimum absolute atomic E-state index is 0.139. The number of fused-ring (bicyclic) bond motifs is 1. The van der Waals surface area contributed by atoms with Crippen LogP contribution in [0.15, 0.2) is 89.9 Å². The lowest BCUT2D eigenvalue weighted by molar-refractivity contribution is -0.117. The van der Waals surface area contributed by atoms with E-state index in [1.54, 1.807) is 35.9 Å². The number of carbonyl (C=O) groups is 2. The molecule has 2 amide bonds. The molecular weight excluding hydrogens is 468 g/mol. The lowest BCUT2D eigenvalue weighted by Gasteiger charge is -2.14. The number of anilines is 1. The molecule has 36 heavy (non-hydrogen) atoms. The molecule has 6 nitrogen and oxygen atoms in total. The summed E-state index contributed by atoms with van der Waals surface area (Å²) >= 11 is 1.66. The van der Waals surface area contributed by atoms with Crippen molar-refractivity contribution in [2.75, 3.05) is 5.32 Å². The number of H-pyrrole nitrogens is 1. The van der Waals surface area contributed by atoms with Crippen LogP contribution < -0.4 is 11.1 Å². The van der Waals surface area contributed by atoms with E-state index in [-0.39, 0.29) is 11.8 Å². The Balaban J connectivity index is 1.44. The minimum atomic E-state index is -0.537. The summed E-state index contributed by atoms with van der Waals surface area (Å²) in [7, 11) is 0. The highest BCUT2D eigenvalue weighted by molar-refractivity contribution is 7.08. The number of pyridine rings is 1. The number of nitrogens with two attached hydrogens (primary N) is 1. The fourth-order valence-corrected chi connectivity index (χ4v) is 4.82. The second-order valence-corrected chi connectivity index (χ2v) is 9.24. The van der Waals surface area contributed by atoms with Crippen molar-refractivity contribution in [3.63, 3.8) is 0 Å². The van der Waals surface area contributed by atoms with E-state index in [2.05, 4.69) is 26.7 Å². The van der Waals surface area contributed by atoms with E-state index in [0.29, 0.717) is 33.4 Å². The van der Waals surface area contributed by atoms with Crippen molar-refractivity contribution in [1.29, 1.82) is 0 Å². The third kappa shape index (κ3) is 4.69. The maximum absolute atomic E-state index is 13.2. The molecule has 5 aromatic rings. The van der Waals surface area contributed by atoms with Crippen LogP contribution in [0.25, 0.3) is 33.8 Å². The fourth-order valence-electron chi connectivity index (χ4n) is 4.15. The molecule has 0 aliphatic rings. The van der Waals surface area contributed by atoms with Crippen LogP contribution in [0.1, 0.15) is 29.5 Å². The summed E-state index contributed by atoms with van der Waals surface area (Å²) in [4.78, 5) is 33.0. The molecule has 0 bridgehead atoms. The Bertz CT molecular complexity index is 1550. The Labute approximate surface area is 212 Å². The molecule has 0 aliphatic heterocycles. The second-order valence-electron chi connectivity index (χ2n) is 8.46. The highest BCUT2D eigenvalue weighted by Crippen LogP contribution is 2.30. The van der Waals surface area contributed by atoms with Gasteiger partial charge < -0.3 is 16.0 Å². The molecule has 0 aliphatic carbocycles. The minimum Gasteiger partial charge on any atom is -0.366 e. The van der Waals surface area contributed by atoms with Crippen molar-refractivity contribution in [3.05, 3.63) is 107 Å². The largest absolute Gasteiger partial charge is 0.366 e. The van der Waals surface area contributed by atoms with Crippen molar-refractivity contribution < 1.29 is 9.59 Å². The lowest BCUT2D eigenvalue weighted by atomic mass is 9.97. The molecule has 0 radical (unpaired) electrons. The van der Waals surface area contributed by atoms with Crippen LogP contribution in [-0.4, -0.2) is 21.8 Å². The van der Waals surface area contributed by atoms with Crippen LogP contribution >= 0.6 is 11.3 Å². The smallest absolute Gasteiger partial charge is 0.249 e. The number of benzene rings is 2. The Hall–Kier alpha value is -4.49. The first-order valence-corrected chi connectivity index (χ1v) is 12.4. The second kappa shape index (κ2) is 10.0. The van der Waals surface area contributed by atoms with Gasteiger partial charge in [-0.25, -0.2) is 4.98 Å². The maximum atomic E-state index is 13.2. The molecule has 1 unspecified atom stereocenters. The number of hydrogen-bond donors (Lipinski definition) is 3. The number of rotatable bonds is 7. The Morgan fingerprint density at radius 2 is 1.81 bits per heavy atom. The predicted octanol–water partition coefficient (Wildman–Crippen LogP) is 6.06. The van der Waals surface area contributed by atoms with Gasteiger partial charge >= 0.3 is 0 Å². The van der Waals surface area contributed by atoms with E-state index >= 15 is 0 Å². The number of amides is 2. The van der Waals surface area contributed by atoms with Crippen molar-refractivity contribution >= 4 is 51.5 Å². The fraction of sp³-hybridized carbons (Fsp3) is 0.0690. The molecule has 0 fully saturated rings. The zero-order valence-corrected chi connectivity index (χ0v) is 20.4.